The number of aryl methyl sites for hydroxylation is 1. The molecule has 4 fully saturated rings. The summed E-state index contributed by atoms with van der Waals surface area (Å²) in [6.07, 6.45) is 9.49. The van der Waals surface area contributed by atoms with E-state index in [0.717, 1.165) is 41.9 Å². The first-order valence-electron chi connectivity index (χ1n) is 8.03. The predicted octanol–water partition coefficient (Wildman–Crippen LogP) is 3.75. The number of rotatable bonds is 4. The Bertz CT molecular complexity index is 422. The highest BCUT2D eigenvalue weighted by molar-refractivity contribution is 5.15. The monoisotopic (exact) mass is 259 g/mol. The summed E-state index contributed by atoms with van der Waals surface area (Å²) in [5, 5.41) is 3.70. The molecule has 5 rings (SSSR count). The quantitative estimate of drug-likeness (QED) is 0.891. The Morgan fingerprint density at radius 1 is 1.11 bits per heavy atom. The number of hydrogen-bond donors (Lipinski definition) is 1. The maximum absolute atomic E-state index is 5.36. The number of hydrogen-bond acceptors (Lipinski definition) is 2. The summed E-state index contributed by atoms with van der Waals surface area (Å²) in [6, 6.07) is 2.10. The maximum atomic E-state index is 5.36. The summed E-state index contributed by atoms with van der Waals surface area (Å²) in [5.41, 5.74) is 1.32. The summed E-state index contributed by atoms with van der Waals surface area (Å²) in [6.45, 7) is 4.25. The molecule has 4 bridgehead atoms. The van der Waals surface area contributed by atoms with E-state index in [1.807, 2.05) is 0 Å². The van der Waals surface area contributed by atoms with Gasteiger partial charge >= 0.3 is 0 Å². The third kappa shape index (κ3) is 2.14. The van der Waals surface area contributed by atoms with Crippen molar-refractivity contribution in [3.8, 4) is 0 Å². The van der Waals surface area contributed by atoms with Crippen LogP contribution in [0.15, 0.2) is 16.7 Å². The average molecular weight is 259 g/mol. The van der Waals surface area contributed by atoms with Crippen molar-refractivity contribution in [1.29, 1.82) is 0 Å². The largest absolute Gasteiger partial charge is 0.469 e. The zero-order valence-electron chi connectivity index (χ0n) is 11.9. The van der Waals surface area contributed by atoms with Gasteiger partial charge in [-0.15, -0.1) is 0 Å². The second-order valence-corrected chi connectivity index (χ2v) is 7.23. The molecule has 104 valence electrons. The van der Waals surface area contributed by atoms with Crippen LogP contribution in [0.25, 0.3) is 0 Å². The summed E-state index contributed by atoms with van der Waals surface area (Å²) >= 11 is 0. The molecule has 0 saturated heterocycles. The van der Waals surface area contributed by atoms with Gasteiger partial charge in [-0.1, -0.05) is 0 Å². The molecule has 1 N–H and O–H groups in total. The van der Waals surface area contributed by atoms with Crippen LogP contribution in [-0.2, 0) is 6.54 Å². The minimum absolute atomic E-state index is 0.958. The molecule has 2 heteroatoms. The van der Waals surface area contributed by atoms with E-state index in [1.54, 1.807) is 12.7 Å². The molecule has 4 aliphatic carbocycles. The maximum Gasteiger partial charge on any atom is 0.105 e. The van der Waals surface area contributed by atoms with Crippen LogP contribution in [0, 0.1) is 36.5 Å². The summed E-state index contributed by atoms with van der Waals surface area (Å²) in [5.74, 6) is 6.28. The highest BCUT2D eigenvalue weighted by atomic mass is 16.3. The third-order valence-electron chi connectivity index (χ3n) is 6.08. The van der Waals surface area contributed by atoms with Gasteiger partial charge in [-0.2, -0.15) is 0 Å². The zero-order valence-corrected chi connectivity index (χ0v) is 11.9. The number of furan rings is 1. The minimum Gasteiger partial charge on any atom is -0.469 e. The molecule has 1 heterocycles. The molecule has 0 spiro atoms. The van der Waals surface area contributed by atoms with Crippen LogP contribution in [0.2, 0.25) is 0 Å². The SMILES string of the molecule is Cc1occc1CNCC1C2CC3CC(C2)CC1C3. The van der Waals surface area contributed by atoms with Crippen LogP contribution in [0.3, 0.4) is 0 Å². The Balaban J connectivity index is 1.35. The Morgan fingerprint density at radius 2 is 1.79 bits per heavy atom. The van der Waals surface area contributed by atoms with E-state index >= 15 is 0 Å². The lowest BCUT2D eigenvalue weighted by atomic mass is 9.52. The van der Waals surface area contributed by atoms with Gasteiger partial charge in [-0.25, -0.2) is 0 Å². The van der Waals surface area contributed by atoms with Crippen LogP contribution in [0.1, 0.15) is 43.4 Å². The molecule has 0 amide bonds. The number of nitrogens with one attached hydrogen (secondary N) is 1. The van der Waals surface area contributed by atoms with Gasteiger partial charge in [0.25, 0.3) is 0 Å². The molecule has 2 nitrogen and oxygen atoms in total. The Morgan fingerprint density at radius 3 is 2.37 bits per heavy atom. The van der Waals surface area contributed by atoms with Crippen LogP contribution in [0.4, 0.5) is 0 Å². The zero-order chi connectivity index (χ0) is 12.8. The van der Waals surface area contributed by atoms with Crippen molar-refractivity contribution in [2.24, 2.45) is 29.6 Å². The highest BCUT2D eigenvalue weighted by Crippen LogP contribution is 2.56. The van der Waals surface area contributed by atoms with E-state index in [4.69, 9.17) is 4.42 Å². The van der Waals surface area contributed by atoms with E-state index in [2.05, 4.69) is 18.3 Å². The van der Waals surface area contributed by atoms with Crippen molar-refractivity contribution in [1.82, 2.24) is 5.32 Å². The van der Waals surface area contributed by atoms with E-state index in [-0.39, 0.29) is 0 Å². The Kier molecular flexibility index (Phi) is 2.95. The second-order valence-electron chi connectivity index (χ2n) is 7.23. The van der Waals surface area contributed by atoms with Crippen molar-refractivity contribution >= 4 is 0 Å². The Hall–Kier alpha value is -0.760. The lowest BCUT2D eigenvalue weighted by Gasteiger charge is -2.54. The normalized spacial score (nSPS) is 39.9. The van der Waals surface area contributed by atoms with Gasteiger partial charge in [0.05, 0.1) is 6.26 Å². The van der Waals surface area contributed by atoms with Gasteiger partial charge in [-0.05, 0) is 81.2 Å². The molecule has 0 unspecified atom stereocenters. The van der Waals surface area contributed by atoms with Crippen molar-refractivity contribution in [3.63, 3.8) is 0 Å². The minimum atomic E-state index is 0.958. The Labute approximate surface area is 116 Å². The van der Waals surface area contributed by atoms with Crippen molar-refractivity contribution in [2.75, 3.05) is 6.54 Å². The molecule has 4 aliphatic rings. The first-order valence-corrected chi connectivity index (χ1v) is 8.03. The second kappa shape index (κ2) is 4.66. The topological polar surface area (TPSA) is 25.2 Å². The van der Waals surface area contributed by atoms with Gasteiger partial charge in [0.1, 0.15) is 5.76 Å². The van der Waals surface area contributed by atoms with E-state index in [9.17, 15) is 0 Å². The van der Waals surface area contributed by atoms with Gasteiger partial charge < -0.3 is 9.73 Å². The van der Waals surface area contributed by atoms with Gasteiger partial charge in [0, 0.05) is 12.1 Å². The molecule has 19 heavy (non-hydrogen) atoms. The molecule has 0 aliphatic heterocycles. The van der Waals surface area contributed by atoms with Crippen LogP contribution in [0.5, 0.6) is 0 Å². The van der Waals surface area contributed by atoms with Crippen LogP contribution in [-0.4, -0.2) is 6.54 Å². The molecular formula is C17H25NO. The molecule has 0 radical (unpaired) electrons. The van der Waals surface area contributed by atoms with Crippen LogP contribution >= 0.6 is 0 Å². The summed E-state index contributed by atoms with van der Waals surface area (Å²) in [7, 11) is 0. The van der Waals surface area contributed by atoms with E-state index < -0.39 is 0 Å². The molecule has 1 aromatic rings. The van der Waals surface area contributed by atoms with Gasteiger partial charge in [0.2, 0.25) is 0 Å². The van der Waals surface area contributed by atoms with Gasteiger partial charge in [-0.3, -0.25) is 0 Å². The molecule has 4 saturated carbocycles. The van der Waals surface area contributed by atoms with E-state index in [1.165, 1.54) is 37.8 Å². The molecular weight excluding hydrogens is 234 g/mol. The standard InChI is InChI=1S/C17H25NO/c1-11-14(2-3-19-11)9-18-10-17-15-5-12-4-13(7-15)8-16(17)6-12/h2-3,12-13,15-18H,4-10H2,1H3. The van der Waals surface area contributed by atoms with Crippen LogP contribution < -0.4 is 5.32 Å². The fraction of sp³-hybridized carbons (Fsp3) is 0.765. The van der Waals surface area contributed by atoms with Gasteiger partial charge in [0.15, 0.2) is 0 Å². The van der Waals surface area contributed by atoms with Crippen molar-refractivity contribution in [3.05, 3.63) is 23.7 Å². The summed E-state index contributed by atoms with van der Waals surface area (Å²) < 4.78 is 5.36. The first-order chi connectivity index (χ1) is 9.29. The van der Waals surface area contributed by atoms with Crippen molar-refractivity contribution < 1.29 is 4.42 Å². The lowest BCUT2D eigenvalue weighted by Crippen LogP contribution is -2.48. The lowest BCUT2D eigenvalue weighted by molar-refractivity contribution is -0.0355. The van der Waals surface area contributed by atoms with E-state index in [0.29, 0.717) is 0 Å². The molecule has 0 aromatic carbocycles. The fourth-order valence-corrected chi connectivity index (χ4v) is 5.34. The van der Waals surface area contributed by atoms with Crippen molar-refractivity contribution in [2.45, 2.75) is 45.6 Å². The average Bonchev–Trinajstić information content (AvgIpc) is 2.78. The first kappa shape index (κ1) is 12.0. The summed E-state index contributed by atoms with van der Waals surface area (Å²) in [4.78, 5) is 0. The fourth-order valence-electron chi connectivity index (χ4n) is 5.34. The highest BCUT2D eigenvalue weighted by Gasteiger charge is 2.47. The molecule has 0 atom stereocenters. The third-order valence-corrected chi connectivity index (χ3v) is 6.08. The smallest absolute Gasteiger partial charge is 0.105 e. The molecule has 1 aromatic heterocycles. The predicted molar refractivity (Wildman–Crippen MR) is 75.7 cm³/mol.